The van der Waals surface area contributed by atoms with E-state index in [1.54, 1.807) is 4.90 Å². The minimum atomic E-state index is -0.953. The van der Waals surface area contributed by atoms with Gasteiger partial charge in [0.15, 0.2) is 0 Å². The SMILES string of the molecule is CCc1[nH]ncc1C(=O)N1CCC2(CC1)NC(=O)CC2C(=O)O. The van der Waals surface area contributed by atoms with Crippen LogP contribution in [0.3, 0.4) is 0 Å². The monoisotopic (exact) mass is 320 g/mol. The summed E-state index contributed by atoms with van der Waals surface area (Å²) in [4.78, 5) is 37.4. The number of aryl methyl sites for hydroxylation is 1. The molecule has 2 aliphatic heterocycles. The molecule has 1 unspecified atom stereocenters. The molecule has 0 aliphatic carbocycles. The van der Waals surface area contributed by atoms with Crippen LogP contribution >= 0.6 is 0 Å². The lowest BCUT2D eigenvalue weighted by Crippen LogP contribution is -2.56. The standard InChI is InChI=1S/C15H20N4O4/c1-2-11-9(8-16-18-11)13(21)19-5-3-15(4-6-19)10(14(22)23)7-12(20)17-15/h8,10H,2-7H2,1H3,(H,16,18)(H,17,20)(H,22,23). The van der Waals surface area contributed by atoms with Crippen molar-refractivity contribution >= 4 is 17.8 Å². The number of aromatic amines is 1. The van der Waals surface area contributed by atoms with E-state index in [2.05, 4.69) is 15.5 Å². The van der Waals surface area contributed by atoms with Gasteiger partial charge in [0.1, 0.15) is 0 Å². The van der Waals surface area contributed by atoms with Gasteiger partial charge in [-0.25, -0.2) is 0 Å². The number of amides is 2. The third kappa shape index (κ3) is 2.58. The number of rotatable bonds is 3. The van der Waals surface area contributed by atoms with Crippen molar-refractivity contribution in [3.05, 3.63) is 17.5 Å². The van der Waals surface area contributed by atoms with Crippen LogP contribution in [0.2, 0.25) is 0 Å². The van der Waals surface area contributed by atoms with Crippen LogP contribution in [0.15, 0.2) is 6.20 Å². The molecular weight excluding hydrogens is 300 g/mol. The lowest BCUT2D eigenvalue weighted by Gasteiger charge is -2.41. The topological polar surface area (TPSA) is 115 Å². The van der Waals surface area contributed by atoms with Crippen molar-refractivity contribution in [2.45, 2.75) is 38.1 Å². The lowest BCUT2D eigenvalue weighted by molar-refractivity contribution is -0.144. The maximum absolute atomic E-state index is 12.6. The van der Waals surface area contributed by atoms with Crippen LogP contribution in [-0.4, -0.2) is 56.6 Å². The molecule has 2 saturated heterocycles. The van der Waals surface area contributed by atoms with Gasteiger partial charge in [0.05, 0.1) is 23.2 Å². The van der Waals surface area contributed by atoms with E-state index in [-0.39, 0.29) is 18.2 Å². The van der Waals surface area contributed by atoms with Crippen LogP contribution in [-0.2, 0) is 16.0 Å². The highest BCUT2D eigenvalue weighted by Crippen LogP contribution is 2.37. The fourth-order valence-corrected chi connectivity index (χ4v) is 3.64. The van der Waals surface area contributed by atoms with Gasteiger partial charge >= 0.3 is 5.97 Å². The normalized spacial score (nSPS) is 23.1. The Morgan fingerprint density at radius 2 is 2.13 bits per heavy atom. The quantitative estimate of drug-likeness (QED) is 0.734. The molecule has 3 N–H and O–H groups in total. The highest BCUT2D eigenvalue weighted by molar-refractivity contribution is 5.95. The number of carbonyl (C=O) groups is 3. The summed E-state index contributed by atoms with van der Waals surface area (Å²) >= 11 is 0. The van der Waals surface area contributed by atoms with Crippen molar-refractivity contribution in [1.29, 1.82) is 0 Å². The van der Waals surface area contributed by atoms with Crippen LogP contribution in [0.4, 0.5) is 0 Å². The van der Waals surface area contributed by atoms with Gasteiger partial charge in [-0.15, -0.1) is 0 Å². The van der Waals surface area contributed by atoms with E-state index < -0.39 is 17.4 Å². The Balaban J connectivity index is 1.72. The molecule has 8 heteroatoms. The number of aliphatic carboxylic acids is 1. The molecule has 0 saturated carbocycles. The Bertz CT molecular complexity index is 646. The van der Waals surface area contributed by atoms with Crippen LogP contribution in [0.25, 0.3) is 0 Å². The van der Waals surface area contributed by atoms with Crippen molar-refractivity contribution < 1.29 is 19.5 Å². The van der Waals surface area contributed by atoms with Gasteiger partial charge in [0.25, 0.3) is 5.91 Å². The molecule has 0 aromatic carbocycles. The highest BCUT2D eigenvalue weighted by Gasteiger charge is 2.52. The van der Waals surface area contributed by atoms with Crippen molar-refractivity contribution in [3.63, 3.8) is 0 Å². The number of carboxylic acids is 1. The van der Waals surface area contributed by atoms with Crippen LogP contribution in [0.1, 0.15) is 42.2 Å². The lowest BCUT2D eigenvalue weighted by atomic mass is 9.77. The Kier molecular flexibility index (Phi) is 3.83. The molecule has 23 heavy (non-hydrogen) atoms. The van der Waals surface area contributed by atoms with E-state index in [0.717, 1.165) is 5.69 Å². The molecule has 2 aliphatic rings. The van der Waals surface area contributed by atoms with Gasteiger partial charge in [-0.05, 0) is 19.3 Å². The van der Waals surface area contributed by atoms with Gasteiger partial charge in [-0.1, -0.05) is 6.92 Å². The fraction of sp³-hybridized carbons (Fsp3) is 0.600. The molecule has 1 aromatic rings. The third-order valence-electron chi connectivity index (χ3n) is 4.99. The number of hydrogen-bond donors (Lipinski definition) is 3. The summed E-state index contributed by atoms with van der Waals surface area (Å²) in [6, 6.07) is 0. The Morgan fingerprint density at radius 1 is 1.43 bits per heavy atom. The molecule has 1 aromatic heterocycles. The predicted octanol–water partition coefficient (Wildman–Crippen LogP) is 0.168. The molecule has 1 spiro atoms. The number of nitrogens with one attached hydrogen (secondary N) is 2. The molecule has 3 heterocycles. The van der Waals surface area contributed by atoms with Crippen LogP contribution in [0, 0.1) is 5.92 Å². The maximum atomic E-state index is 12.6. The van der Waals surface area contributed by atoms with E-state index in [4.69, 9.17) is 0 Å². The zero-order valence-electron chi connectivity index (χ0n) is 13.0. The number of nitrogens with zero attached hydrogens (tertiary/aromatic N) is 2. The number of carbonyl (C=O) groups excluding carboxylic acids is 2. The molecule has 0 radical (unpaired) electrons. The molecule has 3 rings (SSSR count). The highest BCUT2D eigenvalue weighted by atomic mass is 16.4. The third-order valence-corrected chi connectivity index (χ3v) is 4.99. The van der Waals surface area contributed by atoms with Gasteiger partial charge in [0, 0.05) is 25.2 Å². The number of hydrogen-bond acceptors (Lipinski definition) is 4. The van der Waals surface area contributed by atoms with Crippen LogP contribution < -0.4 is 5.32 Å². The van der Waals surface area contributed by atoms with Gasteiger partial charge in [0.2, 0.25) is 5.91 Å². The molecule has 1 atom stereocenters. The summed E-state index contributed by atoms with van der Waals surface area (Å²) in [5.74, 6) is -1.99. The second-order valence-corrected chi connectivity index (χ2v) is 6.21. The molecule has 124 valence electrons. The Hall–Kier alpha value is -2.38. The van der Waals surface area contributed by atoms with Crippen molar-refractivity contribution in [1.82, 2.24) is 20.4 Å². The zero-order chi connectivity index (χ0) is 16.6. The summed E-state index contributed by atoms with van der Waals surface area (Å²) in [6.07, 6.45) is 3.16. The summed E-state index contributed by atoms with van der Waals surface area (Å²) in [6.45, 7) is 2.80. The van der Waals surface area contributed by atoms with Crippen molar-refractivity contribution in [2.24, 2.45) is 5.92 Å². The first-order chi connectivity index (χ1) is 11.0. The molecule has 2 fully saturated rings. The van der Waals surface area contributed by atoms with Crippen molar-refractivity contribution in [2.75, 3.05) is 13.1 Å². The first-order valence-electron chi connectivity index (χ1n) is 7.82. The second-order valence-electron chi connectivity index (χ2n) is 6.21. The van der Waals surface area contributed by atoms with Gasteiger partial charge in [-0.3, -0.25) is 19.5 Å². The first kappa shape index (κ1) is 15.5. The predicted molar refractivity (Wildman–Crippen MR) is 79.7 cm³/mol. The smallest absolute Gasteiger partial charge is 0.309 e. The molecular formula is C15H20N4O4. The average molecular weight is 320 g/mol. The number of likely N-dealkylation sites (tertiary alicyclic amines) is 1. The van der Waals surface area contributed by atoms with E-state index in [1.807, 2.05) is 6.92 Å². The Morgan fingerprint density at radius 3 is 2.74 bits per heavy atom. The Labute approximate surface area is 133 Å². The minimum Gasteiger partial charge on any atom is -0.481 e. The number of H-pyrrole nitrogens is 1. The summed E-state index contributed by atoms with van der Waals surface area (Å²) in [7, 11) is 0. The number of piperidine rings is 1. The zero-order valence-corrected chi connectivity index (χ0v) is 13.0. The van der Waals surface area contributed by atoms with E-state index >= 15 is 0 Å². The van der Waals surface area contributed by atoms with E-state index in [9.17, 15) is 19.5 Å². The summed E-state index contributed by atoms with van der Waals surface area (Å²) < 4.78 is 0. The fourth-order valence-electron chi connectivity index (χ4n) is 3.64. The average Bonchev–Trinajstić information content (AvgIpc) is 3.12. The van der Waals surface area contributed by atoms with Crippen molar-refractivity contribution in [3.8, 4) is 0 Å². The summed E-state index contributed by atoms with van der Waals surface area (Å²) in [5.41, 5.74) is 0.644. The minimum absolute atomic E-state index is 0.0188. The number of carboxylic acid groups (broad SMARTS) is 1. The molecule has 0 bridgehead atoms. The van der Waals surface area contributed by atoms with E-state index in [1.165, 1.54) is 6.20 Å². The molecule has 2 amide bonds. The maximum Gasteiger partial charge on any atom is 0.309 e. The first-order valence-corrected chi connectivity index (χ1v) is 7.82. The van der Waals surface area contributed by atoms with Crippen LogP contribution in [0.5, 0.6) is 0 Å². The largest absolute Gasteiger partial charge is 0.481 e. The van der Waals surface area contributed by atoms with Gasteiger partial charge in [-0.2, -0.15) is 5.10 Å². The second kappa shape index (κ2) is 5.68. The summed E-state index contributed by atoms with van der Waals surface area (Å²) in [5, 5.41) is 18.9. The molecule has 8 nitrogen and oxygen atoms in total. The number of aromatic nitrogens is 2. The van der Waals surface area contributed by atoms with Gasteiger partial charge < -0.3 is 15.3 Å². The van der Waals surface area contributed by atoms with E-state index in [0.29, 0.717) is 37.9 Å².